The van der Waals surface area contributed by atoms with Crippen molar-refractivity contribution in [2.75, 3.05) is 33.3 Å². The second kappa shape index (κ2) is 11.3. The smallest absolute Gasteiger partial charge is 0.281 e. The van der Waals surface area contributed by atoms with Crippen molar-refractivity contribution in [3.63, 3.8) is 0 Å². The highest BCUT2D eigenvalue weighted by molar-refractivity contribution is 7.86. The highest BCUT2D eigenvalue weighted by atomic mass is 32.2. The molecule has 1 aromatic rings. The summed E-state index contributed by atoms with van der Waals surface area (Å²) in [4.78, 5) is 12.8. The number of ether oxygens (including phenoxy) is 1. The molecule has 0 unspecified atom stereocenters. The summed E-state index contributed by atoms with van der Waals surface area (Å²) in [5, 5.41) is 0. The van der Waals surface area contributed by atoms with Crippen molar-refractivity contribution in [2.45, 2.75) is 53.4 Å². The fourth-order valence-corrected chi connectivity index (χ4v) is 5.32. The van der Waals surface area contributed by atoms with E-state index in [2.05, 4.69) is 27.7 Å². The normalized spacial score (nSPS) is 16.5. The molecule has 1 aliphatic heterocycles. The molecular weight excluding hydrogens is 400 g/mol. The molecule has 7 heteroatoms. The van der Waals surface area contributed by atoms with Gasteiger partial charge in [0, 0.05) is 37.7 Å². The van der Waals surface area contributed by atoms with Gasteiger partial charge in [0.05, 0.1) is 7.11 Å². The first kappa shape index (κ1) is 24.8. The van der Waals surface area contributed by atoms with Crippen LogP contribution in [0.1, 0.15) is 63.7 Å². The van der Waals surface area contributed by atoms with Gasteiger partial charge in [0.2, 0.25) is 0 Å². The third kappa shape index (κ3) is 6.79. The molecule has 6 nitrogen and oxygen atoms in total. The van der Waals surface area contributed by atoms with E-state index in [0.717, 1.165) is 18.6 Å². The molecule has 1 fully saturated rings. The fraction of sp³-hybridized carbons (Fsp3) is 0.696. The predicted molar refractivity (Wildman–Crippen MR) is 121 cm³/mol. The Hall–Kier alpha value is -1.44. The molecule has 2 rings (SSSR count). The van der Waals surface area contributed by atoms with E-state index in [9.17, 15) is 13.2 Å². The largest absolute Gasteiger partial charge is 0.497 e. The van der Waals surface area contributed by atoms with Crippen LogP contribution in [-0.2, 0) is 10.2 Å². The standard InChI is InChI=1S/C23H38N2O4S/c1-18(2)10-14-24(15-11-19(3)4)30(27,28)25-16-12-21(13-17-25)23(26)20-6-8-22(29-5)9-7-20/h6-9,18-19,21H,10-17H2,1-5H3. The van der Waals surface area contributed by atoms with E-state index in [1.54, 1.807) is 40.0 Å². The van der Waals surface area contributed by atoms with Crippen molar-refractivity contribution in [1.82, 2.24) is 8.61 Å². The van der Waals surface area contributed by atoms with Gasteiger partial charge >= 0.3 is 0 Å². The van der Waals surface area contributed by atoms with Crippen LogP contribution in [0.3, 0.4) is 0 Å². The van der Waals surface area contributed by atoms with Gasteiger partial charge in [-0.3, -0.25) is 4.79 Å². The van der Waals surface area contributed by atoms with Crippen molar-refractivity contribution in [3.8, 4) is 5.75 Å². The van der Waals surface area contributed by atoms with E-state index in [0.29, 0.717) is 56.4 Å². The Morgan fingerprint density at radius 2 is 1.53 bits per heavy atom. The average molecular weight is 439 g/mol. The molecule has 0 bridgehead atoms. The van der Waals surface area contributed by atoms with Gasteiger partial charge in [-0.2, -0.15) is 17.0 Å². The number of hydrogen-bond acceptors (Lipinski definition) is 4. The molecule has 0 atom stereocenters. The van der Waals surface area contributed by atoms with Crippen LogP contribution in [0.5, 0.6) is 5.75 Å². The molecule has 1 heterocycles. The molecule has 30 heavy (non-hydrogen) atoms. The van der Waals surface area contributed by atoms with Gasteiger partial charge in [0.15, 0.2) is 5.78 Å². The van der Waals surface area contributed by atoms with Crippen molar-refractivity contribution in [2.24, 2.45) is 17.8 Å². The van der Waals surface area contributed by atoms with Crippen molar-refractivity contribution in [3.05, 3.63) is 29.8 Å². The van der Waals surface area contributed by atoms with Crippen LogP contribution in [0, 0.1) is 17.8 Å². The van der Waals surface area contributed by atoms with E-state index in [4.69, 9.17) is 4.74 Å². The minimum absolute atomic E-state index is 0.0890. The van der Waals surface area contributed by atoms with Crippen LogP contribution in [0.25, 0.3) is 0 Å². The second-order valence-corrected chi connectivity index (χ2v) is 11.0. The maximum absolute atomic E-state index is 13.3. The van der Waals surface area contributed by atoms with Gasteiger partial charge in [-0.05, 0) is 61.8 Å². The Morgan fingerprint density at radius 3 is 1.97 bits per heavy atom. The van der Waals surface area contributed by atoms with Gasteiger partial charge < -0.3 is 4.74 Å². The first-order valence-corrected chi connectivity index (χ1v) is 12.5. The first-order chi connectivity index (χ1) is 14.1. The zero-order valence-electron chi connectivity index (χ0n) is 19.1. The first-order valence-electron chi connectivity index (χ1n) is 11.1. The van der Waals surface area contributed by atoms with Gasteiger partial charge in [0.25, 0.3) is 10.2 Å². The van der Waals surface area contributed by atoms with E-state index < -0.39 is 10.2 Å². The van der Waals surface area contributed by atoms with Crippen LogP contribution >= 0.6 is 0 Å². The summed E-state index contributed by atoms with van der Waals surface area (Å²) in [7, 11) is -1.90. The number of ketones is 1. The lowest BCUT2D eigenvalue weighted by Gasteiger charge is -2.35. The number of benzene rings is 1. The molecule has 1 aliphatic rings. The molecule has 0 aliphatic carbocycles. The third-order valence-corrected chi connectivity index (χ3v) is 7.80. The summed E-state index contributed by atoms with van der Waals surface area (Å²) < 4.78 is 34.9. The van der Waals surface area contributed by atoms with E-state index in [-0.39, 0.29) is 11.7 Å². The summed E-state index contributed by atoms with van der Waals surface area (Å²) in [6.45, 7) is 10.4. The lowest BCUT2D eigenvalue weighted by atomic mass is 9.89. The minimum atomic E-state index is -3.50. The molecule has 0 aromatic heterocycles. The Labute approximate surface area is 182 Å². The summed E-state index contributed by atoms with van der Waals surface area (Å²) in [5.41, 5.74) is 0.660. The minimum Gasteiger partial charge on any atom is -0.497 e. The van der Waals surface area contributed by atoms with E-state index >= 15 is 0 Å². The number of hydrogen-bond donors (Lipinski definition) is 0. The Morgan fingerprint density at radius 1 is 1.03 bits per heavy atom. The zero-order chi connectivity index (χ0) is 22.3. The lowest BCUT2D eigenvalue weighted by molar-refractivity contribution is 0.0872. The van der Waals surface area contributed by atoms with E-state index in [1.807, 2.05) is 0 Å². The lowest BCUT2D eigenvalue weighted by Crippen LogP contribution is -2.48. The third-order valence-electron chi connectivity index (χ3n) is 5.76. The summed E-state index contributed by atoms with van der Waals surface area (Å²) in [6.07, 6.45) is 2.83. The SMILES string of the molecule is COc1ccc(C(=O)C2CCN(S(=O)(=O)N(CCC(C)C)CCC(C)C)CC2)cc1. The van der Waals surface area contributed by atoms with Crippen molar-refractivity contribution >= 4 is 16.0 Å². The van der Waals surface area contributed by atoms with Crippen LogP contribution in [0.2, 0.25) is 0 Å². The van der Waals surface area contributed by atoms with Gasteiger partial charge in [-0.15, -0.1) is 0 Å². The molecule has 170 valence electrons. The van der Waals surface area contributed by atoms with Crippen LogP contribution in [0.4, 0.5) is 0 Å². The Balaban J connectivity index is 2.01. The summed E-state index contributed by atoms with van der Waals surface area (Å²) in [6, 6.07) is 7.13. The highest BCUT2D eigenvalue weighted by Gasteiger charge is 2.34. The molecule has 1 aromatic carbocycles. The Bertz CT molecular complexity index is 755. The van der Waals surface area contributed by atoms with Crippen LogP contribution in [0.15, 0.2) is 24.3 Å². The monoisotopic (exact) mass is 438 g/mol. The average Bonchev–Trinajstić information content (AvgIpc) is 2.72. The quantitative estimate of drug-likeness (QED) is 0.485. The molecule has 0 spiro atoms. The van der Waals surface area contributed by atoms with Gasteiger partial charge in [-0.1, -0.05) is 27.7 Å². The number of carbonyl (C=O) groups excluding carboxylic acids is 1. The summed E-state index contributed by atoms with van der Waals surface area (Å²) >= 11 is 0. The number of piperidine rings is 1. The second-order valence-electron chi connectivity index (χ2n) is 9.04. The molecule has 0 amide bonds. The zero-order valence-corrected chi connectivity index (χ0v) is 20.0. The number of nitrogens with zero attached hydrogens (tertiary/aromatic N) is 2. The predicted octanol–water partition coefficient (Wildman–Crippen LogP) is 4.23. The number of rotatable bonds is 11. The van der Waals surface area contributed by atoms with Crippen molar-refractivity contribution in [1.29, 1.82) is 0 Å². The van der Waals surface area contributed by atoms with Gasteiger partial charge in [-0.25, -0.2) is 0 Å². The fourth-order valence-electron chi connectivity index (χ4n) is 3.65. The number of carbonyl (C=O) groups is 1. The molecular formula is C23H38N2O4S. The summed E-state index contributed by atoms with van der Waals surface area (Å²) in [5.74, 6) is 1.58. The maximum atomic E-state index is 13.3. The highest BCUT2D eigenvalue weighted by Crippen LogP contribution is 2.26. The number of Topliss-reactive ketones (excluding diaryl/α,β-unsaturated/α-hetero) is 1. The molecule has 1 saturated heterocycles. The molecule has 0 saturated carbocycles. The maximum Gasteiger partial charge on any atom is 0.281 e. The van der Waals surface area contributed by atoms with E-state index in [1.165, 1.54) is 0 Å². The topological polar surface area (TPSA) is 66.9 Å². The van der Waals surface area contributed by atoms with Gasteiger partial charge in [0.1, 0.15) is 5.75 Å². The number of methoxy groups -OCH3 is 1. The van der Waals surface area contributed by atoms with Crippen LogP contribution in [-0.4, -0.2) is 56.1 Å². The Kier molecular flexibility index (Phi) is 9.31. The van der Waals surface area contributed by atoms with Crippen molar-refractivity contribution < 1.29 is 17.9 Å². The van der Waals surface area contributed by atoms with Crippen LogP contribution < -0.4 is 4.74 Å². The molecule has 0 N–H and O–H groups in total. The molecule has 0 radical (unpaired) electrons.